The van der Waals surface area contributed by atoms with Crippen LogP contribution in [0.25, 0.3) is 0 Å². The fourth-order valence-corrected chi connectivity index (χ4v) is 3.77. The highest BCUT2D eigenvalue weighted by Gasteiger charge is 2.49. The summed E-state index contributed by atoms with van der Waals surface area (Å²) in [5.41, 5.74) is 0.0433. The summed E-state index contributed by atoms with van der Waals surface area (Å²) in [6, 6.07) is 6.36. The SMILES string of the molecule is CC1(C)Oc2ccc(C#N)cc2[C@H](N2CCCC2=O)[C@H]1OCOP(=O)([O-])[O-]. The number of phosphoric ester groups is 1. The highest BCUT2D eigenvalue weighted by Crippen LogP contribution is 2.46. The Hall–Kier alpha value is -1.95. The summed E-state index contributed by atoms with van der Waals surface area (Å²) in [6.45, 7) is 3.19. The van der Waals surface area contributed by atoms with Crippen molar-refractivity contribution in [3.05, 3.63) is 29.3 Å². The zero-order valence-electron chi connectivity index (χ0n) is 14.9. The van der Waals surface area contributed by atoms with Gasteiger partial charge in [0.2, 0.25) is 5.91 Å². The predicted molar refractivity (Wildman–Crippen MR) is 88.0 cm³/mol. The first kappa shape index (κ1) is 19.8. The van der Waals surface area contributed by atoms with Crippen LogP contribution in [-0.2, 0) is 18.6 Å². The van der Waals surface area contributed by atoms with Crippen molar-refractivity contribution in [2.45, 2.75) is 44.4 Å². The Kier molecular flexibility index (Phi) is 5.30. The summed E-state index contributed by atoms with van der Waals surface area (Å²) < 4.78 is 26.5. The molecule has 0 bridgehead atoms. The van der Waals surface area contributed by atoms with E-state index in [-0.39, 0.29) is 5.91 Å². The smallest absolute Gasteiger partial charge is 0.223 e. The molecule has 1 aromatic carbocycles. The Balaban J connectivity index is 2.01. The first-order valence-corrected chi connectivity index (χ1v) is 9.89. The lowest BCUT2D eigenvalue weighted by Crippen LogP contribution is -2.55. The molecule has 9 nitrogen and oxygen atoms in total. The van der Waals surface area contributed by atoms with Gasteiger partial charge in [-0.25, -0.2) is 0 Å². The van der Waals surface area contributed by atoms with Gasteiger partial charge >= 0.3 is 0 Å². The molecule has 0 N–H and O–H groups in total. The molecule has 146 valence electrons. The minimum atomic E-state index is -5.20. The standard InChI is InChI=1S/C17H21N2O7P/c1-17(2)16(24-10-25-27(21,22)23)15(19-7-3-4-14(19)20)12-8-11(9-18)5-6-13(12)26-17/h5-6,8,15-16H,3-4,7,10H2,1-2H3,(H2,21,22,23)/p-2/t15-,16+/m0/s1. The number of ether oxygens (including phenoxy) is 2. The normalized spacial score (nSPS) is 24.3. The van der Waals surface area contributed by atoms with Gasteiger partial charge in [0.15, 0.2) is 6.79 Å². The number of hydrogen-bond acceptors (Lipinski definition) is 8. The third-order valence-corrected chi connectivity index (χ3v) is 5.13. The quantitative estimate of drug-likeness (QED) is 0.523. The second-order valence-electron chi connectivity index (χ2n) is 6.99. The third-order valence-electron chi connectivity index (χ3n) is 4.71. The molecule has 2 atom stereocenters. The van der Waals surface area contributed by atoms with E-state index >= 15 is 0 Å². The summed E-state index contributed by atoms with van der Waals surface area (Å²) in [5, 5.41) is 9.22. The van der Waals surface area contributed by atoms with Crippen LogP contribution in [0.3, 0.4) is 0 Å². The maximum absolute atomic E-state index is 12.4. The largest absolute Gasteiger partial charge is 0.790 e. The fourth-order valence-electron chi connectivity index (χ4n) is 3.58. The first-order valence-electron chi connectivity index (χ1n) is 8.43. The highest BCUT2D eigenvalue weighted by molar-refractivity contribution is 7.43. The van der Waals surface area contributed by atoms with Gasteiger partial charge in [0.05, 0.1) is 25.5 Å². The van der Waals surface area contributed by atoms with Gasteiger partial charge in [-0.05, 0) is 38.5 Å². The van der Waals surface area contributed by atoms with Gasteiger partial charge in [-0.15, -0.1) is 0 Å². The summed E-state index contributed by atoms with van der Waals surface area (Å²) in [5.74, 6) is 0.446. The van der Waals surface area contributed by atoms with Gasteiger partial charge < -0.3 is 33.2 Å². The predicted octanol–water partition coefficient (Wildman–Crippen LogP) is 0.581. The van der Waals surface area contributed by atoms with Gasteiger partial charge in [0, 0.05) is 18.5 Å². The molecule has 1 saturated heterocycles. The maximum atomic E-state index is 12.4. The molecule has 1 aromatic rings. The van der Waals surface area contributed by atoms with Crippen LogP contribution in [0.15, 0.2) is 18.2 Å². The van der Waals surface area contributed by atoms with Crippen molar-refractivity contribution in [3.8, 4) is 11.8 Å². The molecule has 0 aliphatic carbocycles. The summed E-state index contributed by atoms with van der Waals surface area (Å²) in [7, 11) is -5.20. The lowest BCUT2D eigenvalue weighted by molar-refractivity contribution is -0.348. The lowest BCUT2D eigenvalue weighted by Gasteiger charge is -2.47. The molecule has 2 aliphatic rings. The zero-order valence-corrected chi connectivity index (χ0v) is 15.8. The monoisotopic (exact) mass is 394 g/mol. The average Bonchev–Trinajstić information content (AvgIpc) is 2.99. The number of likely N-dealkylation sites (tertiary alicyclic amines) is 1. The number of amides is 1. The molecule has 27 heavy (non-hydrogen) atoms. The van der Waals surface area contributed by atoms with Crippen molar-refractivity contribution in [1.82, 2.24) is 4.90 Å². The van der Waals surface area contributed by atoms with E-state index in [9.17, 15) is 24.4 Å². The van der Waals surface area contributed by atoms with Crippen LogP contribution >= 0.6 is 7.82 Å². The molecular formula is C17H19N2O7P-2. The molecule has 3 rings (SSSR count). The molecule has 1 fully saturated rings. The molecule has 0 aromatic heterocycles. The van der Waals surface area contributed by atoms with Gasteiger partial charge in [-0.3, -0.25) is 4.79 Å². The summed E-state index contributed by atoms with van der Waals surface area (Å²) in [6.07, 6.45) is 0.265. The van der Waals surface area contributed by atoms with Gasteiger partial charge in [0.25, 0.3) is 0 Å². The first-order chi connectivity index (χ1) is 12.6. The van der Waals surface area contributed by atoms with Crippen molar-refractivity contribution in [3.63, 3.8) is 0 Å². The number of carbonyl (C=O) groups excluding carboxylic acids is 1. The molecule has 10 heteroatoms. The third kappa shape index (κ3) is 4.15. The minimum Gasteiger partial charge on any atom is -0.790 e. The molecule has 0 saturated carbocycles. The van der Waals surface area contributed by atoms with E-state index in [0.29, 0.717) is 36.3 Å². The number of nitrogens with zero attached hydrogens (tertiary/aromatic N) is 2. The van der Waals surface area contributed by atoms with Gasteiger partial charge in [0.1, 0.15) is 17.5 Å². The Morgan fingerprint density at radius 1 is 1.44 bits per heavy atom. The average molecular weight is 394 g/mol. The van der Waals surface area contributed by atoms with E-state index in [4.69, 9.17) is 9.47 Å². The van der Waals surface area contributed by atoms with E-state index in [2.05, 4.69) is 10.6 Å². The van der Waals surface area contributed by atoms with Crippen molar-refractivity contribution >= 4 is 13.7 Å². The summed E-state index contributed by atoms with van der Waals surface area (Å²) in [4.78, 5) is 35.5. The van der Waals surface area contributed by atoms with E-state index in [1.165, 1.54) is 0 Å². The van der Waals surface area contributed by atoms with Crippen molar-refractivity contribution in [2.24, 2.45) is 0 Å². The molecule has 0 radical (unpaired) electrons. The van der Waals surface area contributed by atoms with Crippen LogP contribution in [0.4, 0.5) is 0 Å². The Morgan fingerprint density at radius 2 is 2.19 bits per heavy atom. The van der Waals surface area contributed by atoms with E-state index in [1.54, 1.807) is 36.9 Å². The molecular weight excluding hydrogens is 375 g/mol. The van der Waals surface area contributed by atoms with Crippen LogP contribution in [-0.4, -0.2) is 35.8 Å². The Bertz CT molecular complexity index is 829. The van der Waals surface area contributed by atoms with Gasteiger partial charge in [-0.2, -0.15) is 5.26 Å². The van der Waals surface area contributed by atoms with Crippen LogP contribution in [0.2, 0.25) is 0 Å². The second-order valence-corrected chi connectivity index (χ2v) is 8.14. The maximum Gasteiger partial charge on any atom is 0.223 e. The molecule has 0 unspecified atom stereocenters. The van der Waals surface area contributed by atoms with Gasteiger partial charge in [-0.1, -0.05) is 0 Å². The van der Waals surface area contributed by atoms with Crippen LogP contribution in [0, 0.1) is 11.3 Å². The topological polar surface area (TPSA) is 135 Å². The molecule has 0 spiro atoms. The van der Waals surface area contributed by atoms with Crippen LogP contribution in [0.1, 0.15) is 43.9 Å². The van der Waals surface area contributed by atoms with Crippen LogP contribution < -0.4 is 14.5 Å². The zero-order chi connectivity index (χ0) is 19.8. The van der Waals surface area contributed by atoms with Crippen molar-refractivity contribution in [1.29, 1.82) is 5.26 Å². The number of benzene rings is 1. The number of hydrogen-bond donors (Lipinski definition) is 0. The highest BCUT2D eigenvalue weighted by atomic mass is 31.2. The van der Waals surface area contributed by atoms with E-state index in [0.717, 1.165) is 0 Å². The summed E-state index contributed by atoms with van der Waals surface area (Å²) >= 11 is 0. The van der Waals surface area contributed by atoms with E-state index in [1.807, 2.05) is 0 Å². The number of nitriles is 1. The number of rotatable bonds is 5. The minimum absolute atomic E-state index is 0.0705. The number of carbonyl (C=O) groups is 1. The molecule has 2 heterocycles. The van der Waals surface area contributed by atoms with E-state index < -0.39 is 32.4 Å². The molecule has 2 aliphatic heterocycles. The second kappa shape index (κ2) is 7.23. The Morgan fingerprint density at radius 3 is 2.78 bits per heavy atom. The van der Waals surface area contributed by atoms with Crippen molar-refractivity contribution in [2.75, 3.05) is 13.3 Å². The number of fused-ring (bicyclic) bond motifs is 1. The molecule has 1 amide bonds. The lowest BCUT2D eigenvalue weighted by atomic mass is 9.85. The Labute approximate surface area is 156 Å². The fraction of sp³-hybridized carbons (Fsp3) is 0.529. The van der Waals surface area contributed by atoms with Crippen molar-refractivity contribution < 1.29 is 33.1 Å². The number of phosphoric acid groups is 1. The van der Waals surface area contributed by atoms with Crippen LogP contribution in [0.5, 0.6) is 5.75 Å².